The quantitative estimate of drug-likeness (QED) is 0.451. The first kappa shape index (κ1) is 19.2. The van der Waals surface area contributed by atoms with E-state index in [9.17, 15) is 19.7 Å². The van der Waals surface area contributed by atoms with Gasteiger partial charge in [0.25, 0.3) is 11.6 Å². The maximum Gasteiger partial charge on any atom is 0.340 e. The first-order valence-corrected chi connectivity index (χ1v) is 7.79. The molecule has 2 aromatic carbocycles. The van der Waals surface area contributed by atoms with Crippen LogP contribution in [0, 0.1) is 10.1 Å². The van der Waals surface area contributed by atoms with Crippen LogP contribution in [-0.4, -0.2) is 30.5 Å². The summed E-state index contributed by atoms with van der Waals surface area (Å²) in [6.45, 7) is -0.286. The molecule has 8 nitrogen and oxygen atoms in total. The molecule has 0 aromatic heterocycles. The monoisotopic (exact) mass is 378 g/mol. The summed E-state index contributed by atoms with van der Waals surface area (Å²) in [6, 6.07) is 10.5. The highest BCUT2D eigenvalue weighted by atomic mass is 35.5. The van der Waals surface area contributed by atoms with E-state index in [-0.39, 0.29) is 22.8 Å². The van der Waals surface area contributed by atoms with Crippen molar-refractivity contribution in [3.8, 4) is 5.75 Å². The van der Waals surface area contributed by atoms with Crippen molar-refractivity contribution >= 4 is 29.2 Å². The lowest BCUT2D eigenvalue weighted by atomic mass is 10.2. The van der Waals surface area contributed by atoms with Crippen LogP contribution >= 0.6 is 11.6 Å². The number of methoxy groups -OCH3 is 1. The van der Waals surface area contributed by atoms with Crippen molar-refractivity contribution in [2.75, 3.05) is 13.7 Å². The van der Waals surface area contributed by atoms with Gasteiger partial charge in [-0.3, -0.25) is 14.9 Å². The van der Waals surface area contributed by atoms with Gasteiger partial charge in [-0.1, -0.05) is 23.7 Å². The van der Waals surface area contributed by atoms with E-state index in [0.717, 1.165) is 11.6 Å². The van der Waals surface area contributed by atoms with Gasteiger partial charge in [-0.25, -0.2) is 4.79 Å². The predicted molar refractivity (Wildman–Crippen MR) is 93.2 cm³/mol. The molecular formula is C17H15ClN2O6. The number of carbonyl (C=O) groups excluding carboxylic acids is 2. The summed E-state index contributed by atoms with van der Waals surface area (Å²) >= 11 is 5.84. The zero-order valence-corrected chi connectivity index (χ0v) is 14.5. The molecule has 1 N–H and O–H groups in total. The van der Waals surface area contributed by atoms with Crippen LogP contribution in [0.2, 0.25) is 5.02 Å². The molecule has 9 heteroatoms. The smallest absolute Gasteiger partial charge is 0.340 e. The van der Waals surface area contributed by atoms with Gasteiger partial charge in [0.2, 0.25) is 0 Å². The second-order valence-corrected chi connectivity index (χ2v) is 5.53. The van der Waals surface area contributed by atoms with Gasteiger partial charge in [-0.15, -0.1) is 0 Å². The molecule has 2 rings (SSSR count). The summed E-state index contributed by atoms with van der Waals surface area (Å²) in [5.41, 5.74) is 0.362. The number of nitro groups is 1. The Morgan fingerprint density at radius 1 is 1.19 bits per heavy atom. The zero-order valence-electron chi connectivity index (χ0n) is 13.7. The van der Waals surface area contributed by atoms with E-state index in [4.69, 9.17) is 21.1 Å². The number of rotatable bonds is 7. The molecule has 0 aliphatic rings. The van der Waals surface area contributed by atoms with E-state index in [0.29, 0.717) is 5.75 Å². The Hall–Kier alpha value is -3.13. The van der Waals surface area contributed by atoms with Crippen LogP contribution in [0.3, 0.4) is 0 Å². The van der Waals surface area contributed by atoms with Crippen LogP contribution in [0.15, 0.2) is 42.5 Å². The van der Waals surface area contributed by atoms with Gasteiger partial charge in [0, 0.05) is 18.7 Å². The van der Waals surface area contributed by atoms with Crippen molar-refractivity contribution in [2.24, 2.45) is 0 Å². The molecule has 0 bridgehead atoms. The number of hydrogen-bond donors (Lipinski definition) is 1. The van der Waals surface area contributed by atoms with E-state index in [2.05, 4.69) is 5.32 Å². The average Bonchev–Trinajstić information content (AvgIpc) is 2.65. The third-order valence-corrected chi connectivity index (χ3v) is 3.69. The number of esters is 1. The Kier molecular flexibility index (Phi) is 6.51. The third kappa shape index (κ3) is 5.18. The van der Waals surface area contributed by atoms with Crippen LogP contribution < -0.4 is 10.1 Å². The summed E-state index contributed by atoms with van der Waals surface area (Å²) in [6.07, 6.45) is 0. The molecule has 0 atom stereocenters. The molecule has 0 spiro atoms. The molecule has 0 fully saturated rings. The van der Waals surface area contributed by atoms with Gasteiger partial charge in [0.05, 0.1) is 22.6 Å². The summed E-state index contributed by atoms with van der Waals surface area (Å²) in [5, 5.41) is 13.3. The molecule has 0 saturated heterocycles. The molecule has 1 amide bonds. The average molecular weight is 379 g/mol. The molecule has 0 heterocycles. The van der Waals surface area contributed by atoms with Crippen LogP contribution in [0.4, 0.5) is 5.69 Å². The fraction of sp³-hybridized carbons (Fsp3) is 0.176. The van der Waals surface area contributed by atoms with Crippen LogP contribution in [0.5, 0.6) is 5.75 Å². The fourth-order valence-corrected chi connectivity index (χ4v) is 2.18. The summed E-state index contributed by atoms with van der Waals surface area (Å²) in [7, 11) is 1.55. The number of halogens is 1. The minimum Gasteiger partial charge on any atom is -0.497 e. The number of ether oxygens (including phenoxy) is 2. The lowest BCUT2D eigenvalue weighted by Gasteiger charge is -2.08. The first-order chi connectivity index (χ1) is 12.4. The Balaban J connectivity index is 1.87. The van der Waals surface area contributed by atoms with Gasteiger partial charge in [-0.2, -0.15) is 0 Å². The predicted octanol–water partition coefficient (Wildman–Crippen LogP) is 2.73. The molecule has 136 valence electrons. The number of nitro benzene ring substituents is 1. The standard InChI is InChI=1S/C17H15ClN2O6/c1-25-13-5-2-11(3-6-13)9-19-16(21)10-26-17(22)14-8-12(20(23)24)4-7-15(14)18/h2-8H,9-10H2,1H3,(H,19,21). The van der Waals surface area contributed by atoms with E-state index >= 15 is 0 Å². The Bertz CT molecular complexity index is 823. The summed E-state index contributed by atoms with van der Waals surface area (Å²) in [4.78, 5) is 33.8. The fourth-order valence-electron chi connectivity index (χ4n) is 1.99. The second-order valence-electron chi connectivity index (χ2n) is 5.12. The molecular weight excluding hydrogens is 364 g/mol. The lowest BCUT2D eigenvalue weighted by molar-refractivity contribution is -0.384. The molecule has 0 unspecified atom stereocenters. The van der Waals surface area contributed by atoms with E-state index in [1.54, 1.807) is 31.4 Å². The summed E-state index contributed by atoms with van der Waals surface area (Å²) in [5.74, 6) is -0.739. The van der Waals surface area contributed by atoms with Crippen molar-refractivity contribution in [3.63, 3.8) is 0 Å². The number of hydrogen-bond acceptors (Lipinski definition) is 6. The first-order valence-electron chi connectivity index (χ1n) is 7.41. The normalized spacial score (nSPS) is 10.1. The van der Waals surface area contributed by atoms with Crippen LogP contribution in [-0.2, 0) is 16.1 Å². The molecule has 26 heavy (non-hydrogen) atoms. The Morgan fingerprint density at radius 2 is 1.88 bits per heavy atom. The minimum absolute atomic E-state index is 0.000703. The van der Waals surface area contributed by atoms with Crippen molar-refractivity contribution in [1.82, 2.24) is 5.32 Å². The number of benzene rings is 2. The number of amides is 1. The maximum atomic E-state index is 12.0. The SMILES string of the molecule is COc1ccc(CNC(=O)COC(=O)c2cc([N+](=O)[O-])ccc2Cl)cc1. The van der Waals surface area contributed by atoms with E-state index in [1.165, 1.54) is 12.1 Å². The molecule has 0 radical (unpaired) electrons. The molecule has 0 aliphatic heterocycles. The Labute approximate surface area is 153 Å². The lowest BCUT2D eigenvalue weighted by Crippen LogP contribution is -2.28. The minimum atomic E-state index is -0.918. The number of carbonyl (C=O) groups is 2. The topological polar surface area (TPSA) is 108 Å². The van der Waals surface area contributed by atoms with Crippen molar-refractivity contribution in [2.45, 2.75) is 6.54 Å². The van der Waals surface area contributed by atoms with Crippen LogP contribution in [0.25, 0.3) is 0 Å². The van der Waals surface area contributed by atoms with Gasteiger partial charge in [0.15, 0.2) is 6.61 Å². The zero-order chi connectivity index (χ0) is 19.1. The van der Waals surface area contributed by atoms with Gasteiger partial charge >= 0.3 is 5.97 Å². The van der Waals surface area contributed by atoms with Gasteiger partial charge in [-0.05, 0) is 23.8 Å². The summed E-state index contributed by atoms with van der Waals surface area (Å²) < 4.78 is 9.89. The van der Waals surface area contributed by atoms with E-state index in [1.807, 2.05) is 0 Å². The molecule has 0 aliphatic carbocycles. The third-order valence-electron chi connectivity index (χ3n) is 3.36. The largest absolute Gasteiger partial charge is 0.497 e. The second kappa shape index (κ2) is 8.82. The highest BCUT2D eigenvalue weighted by molar-refractivity contribution is 6.33. The number of nitrogens with one attached hydrogen (secondary N) is 1. The van der Waals surface area contributed by atoms with Crippen LogP contribution in [0.1, 0.15) is 15.9 Å². The highest BCUT2D eigenvalue weighted by Crippen LogP contribution is 2.22. The molecule has 0 saturated carbocycles. The number of nitrogens with zero attached hydrogens (tertiary/aromatic N) is 1. The Morgan fingerprint density at radius 3 is 2.50 bits per heavy atom. The molecule has 2 aromatic rings. The van der Waals surface area contributed by atoms with Gasteiger partial charge < -0.3 is 14.8 Å². The highest BCUT2D eigenvalue weighted by Gasteiger charge is 2.18. The van der Waals surface area contributed by atoms with Crippen molar-refractivity contribution < 1.29 is 24.0 Å². The van der Waals surface area contributed by atoms with Crippen molar-refractivity contribution in [1.29, 1.82) is 0 Å². The van der Waals surface area contributed by atoms with Crippen molar-refractivity contribution in [3.05, 3.63) is 68.7 Å². The van der Waals surface area contributed by atoms with E-state index < -0.39 is 23.4 Å². The number of non-ortho nitro benzene ring substituents is 1. The van der Waals surface area contributed by atoms with Gasteiger partial charge in [0.1, 0.15) is 5.75 Å². The maximum absolute atomic E-state index is 12.0.